The van der Waals surface area contributed by atoms with Crippen LogP contribution in [0.3, 0.4) is 0 Å². The molecule has 0 bridgehead atoms. The number of benzene rings is 1. The predicted octanol–water partition coefficient (Wildman–Crippen LogP) is 11.9. The second kappa shape index (κ2) is 34.3. The lowest BCUT2D eigenvalue weighted by Gasteiger charge is -2.60. The second-order valence-electron chi connectivity index (χ2n) is 28.2. The topological polar surface area (TPSA) is 127 Å². The Labute approximate surface area is 535 Å². The van der Waals surface area contributed by atoms with Gasteiger partial charge in [0.05, 0.1) is 34.9 Å². The van der Waals surface area contributed by atoms with E-state index in [4.69, 9.17) is 21.3 Å². The molecule has 4 aliphatic heterocycles. The van der Waals surface area contributed by atoms with E-state index in [2.05, 4.69) is 147 Å². The molecular weight excluding hydrogens is 1130 g/mol. The summed E-state index contributed by atoms with van der Waals surface area (Å²) in [6.07, 6.45) is 24.3. The number of likely N-dealkylation sites (N-methyl/N-ethyl adjacent to an activating group) is 1. The maximum Gasteiger partial charge on any atom is 0.417 e. The minimum absolute atomic E-state index is 0.0460. The van der Waals surface area contributed by atoms with Crippen molar-refractivity contribution in [3.8, 4) is 0 Å². The first-order valence-electron chi connectivity index (χ1n) is 34.5. The number of fused-ring (bicyclic) bond motifs is 2. The largest absolute Gasteiger partial charge is 0.417 e. The summed E-state index contributed by atoms with van der Waals surface area (Å²) in [5.41, 5.74) is 2.96. The van der Waals surface area contributed by atoms with Crippen molar-refractivity contribution in [2.45, 2.75) is 251 Å². The lowest BCUT2D eigenvalue weighted by molar-refractivity contribution is -0.162. The minimum atomic E-state index is -4.52. The number of likely N-dealkylation sites (tertiary alicyclic amines) is 1. The number of alkyl halides is 3. The van der Waals surface area contributed by atoms with Gasteiger partial charge in [0.2, 0.25) is 5.91 Å². The molecule has 14 nitrogen and oxygen atoms in total. The first kappa shape index (κ1) is 71.8. The normalized spacial score (nSPS) is 30.0. The fourth-order valence-corrected chi connectivity index (χ4v) is 15.2. The van der Waals surface area contributed by atoms with Crippen LogP contribution >= 0.6 is 11.6 Å². The van der Waals surface area contributed by atoms with E-state index in [0.717, 1.165) is 127 Å². The van der Waals surface area contributed by atoms with Gasteiger partial charge >= 0.3 is 6.18 Å². The van der Waals surface area contributed by atoms with Crippen LogP contribution in [0.5, 0.6) is 0 Å². The minimum Gasteiger partial charge on any atom is -0.390 e. The van der Waals surface area contributed by atoms with E-state index in [-0.39, 0.29) is 77.0 Å². The van der Waals surface area contributed by atoms with Gasteiger partial charge in [-0.05, 0) is 166 Å². The average molecular weight is 1250 g/mol. The zero-order valence-electron chi connectivity index (χ0n) is 56.5. The van der Waals surface area contributed by atoms with Crippen LogP contribution in [-0.4, -0.2) is 175 Å². The zero-order chi connectivity index (χ0) is 63.7. The molecule has 3 saturated heterocycles. The number of nitrogens with one attached hydrogen (secondary N) is 6. The van der Waals surface area contributed by atoms with E-state index in [1.54, 1.807) is 6.20 Å². The molecule has 6 aliphatic rings. The average Bonchev–Trinajstić information content (AvgIpc) is 0.858. The molecule has 1 amide bonds. The number of carbonyl (C=O) groups excluding carboxylic acids is 1. The Balaban J connectivity index is 1.18. The van der Waals surface area contributed by atoms with E-state index < -0.39 is 11.7 Å². The second-order valence-corrected chi connectivity index (χ2v) is 28.6. The third kappa shape index (κ3) is 20.2. The summed E-state index contributed by atoms with van der Waals surface area (Å²) in [5.74, 6) is 1.63. The molecule has 1 spiro atoms. The van der Waals surface area contributed by atoms with Gasteiger partial charge in [-0.2, -0.15) is 13.2 Å². The van der Waals surface area contributed by atoms with Crippen molar-refractivity contribution in [2.75, 3.05) is 73.1 Å². The summed E-state index contributed by atoms with van der Waals surface area (Å²) in [5, 5.41) is 23.8. The number of rotatable bonds is 12. The third-order valence-electron chi connectivity index (χ3n) is 20.7. The van der Waals surface area contributed by atoms with Crippen molar-refractivity contribution in [1.82, 2.24) is 56.4 Å². The molecule has 5 unspecified atom stereocenters. The third-order valence-corrected chi connectivity index (χ3v) is 21.0. The zero-order valence-corrected chi connectivity index (χ0v) is 57.2. The Morgan fingerprint density at radius 1 is 0.852 bits per heavy atom. The Bertz CT molecular complexity index is 2450. The number of allylic oxidation sites excluding steroid dienone is 2. The van der Waals surface area contributed by atoms with Crippen molar-refractivity contribution in [2.24, 2.45) is 28.7 Å². The number of aliphatic imine (C=N–C) groups is 1. The highest BCUT2D eigenvalue weighted by Crippen LogP contribution is 2.41. The predicted molar refractivity (Wildman–Crippen MR) is 358 cm³/mol. The number of nitrogens with zero attached hydrogens (tertiary/aromatic N) is 6. The molecule has 0 aromatic heterocycles. The van der Waals surface area contributed by atoms with Crippen molar-refractivity contribution in [3.05, 3.63) is 82.8 Å². The molecule has 0 radical (unpaired) electrons. The summed E-state index contributed by atoms with van der Waals surface area (Å²) in [7, 11) is 4.14. The van der Waals surface area contributed by atoms with Gasteiger partial charge in [0, 0.05) is 163 Å². The van der Waals surface area contributed by atoms with Gasteiger partial charge in [-0.1, -0.05) is 78.5 Å². The van der Waals surface area contributed by atoms with E-state index in [9.17, 15) is 18.0 Å². The summed E-state index contributed by atoms with van der Waals surface area (Å²) >= 11 is 6.18. The molecule has 498 valence electrons. The van der Waals surface area contributed by atoms with Gasteiger partial charge in [0.1, 0.15) is 0 Å². The molecule has 5 fully saturated rings. The Morgan fingerprint density at radius 3 is 2.25 bits per heavy atom. The highest BCUT2D eigenvalue weighted by atomic mass is 35.5. The van der Waals surface area contributed by atoms with Crippen LogP contribution in [0.4, 0.5) is 13.2 Å². The molecular formula is C70H118ClF3N12O2. The van der Waals surface area contributed by atoms with Crippen LogP contribution in [0.2, 0.25) is 5.02 Å². The molecule has 2 saturated carbocycles. The van der Waals surface area contributed by atoms with Crippen molar-refractivity contribution in [3.63, 3.8) is 0 Å². The molecule has 1 aromatic carbocycles. The van der Waals surface area contributed by atoms with Gasteiger partial charge in [-0.3, -0.25) is 14.7 Å². The molecule has 2 aliphatic carbocycles. The monoisotopic (exact) mass is 1250 g/mol. The highest BCUT2D eigenvalue weighted by molar-refractivity contribution is 6.31. The molecule has 4 heterocycles. The fourth-order valence-electron chi connectivity index (χ4n) is 14.9. The van der Waals surface area contributed by atoms with Gasteiger partial charge in [-0.15, -0.1) is 0 Å². The lowest BCUT2D eigenvalue weighted by atomic mass is 9.74. The maximum absolute atomic E-state index is 14.8. The van der Waals surface area contributed by atoms with E-state index >= 15 is 0 Å². The molecule has 1 aromatic rings. The quantitative estimate of drug-likeness (QED) is 0.119. The number of piperidine rings is 1. The Morgan fingerprint density at radius 2 is 1.59 bits per heavy atom. The number of ether oxygens (including phenoxy) is 1. The molecule has 18 heteroatoms. The van der Waals surface area contributed by atoms with E-state index in [0.29, 0.717) is 55.2 Å². The number of aryl methyl sites for hydroxylation is 1. The number of halogens is 4. The van der Waals surface area contributed by atoms with Gasteiger partial charge < -0.3 is 56.2 Å². The van der Waals surface area contributed by atoms with Gasteiger partial charge in [0.25, 0.3) is 0 Å². The fraction of sp³-hybridized carbons (Fsp3) is 0.771. The summed E-state index contributed by atoms with van der Waals surface area (Å²) < 4.78 is 47.4. The molecule has 88 heavy (non-hydrogen) atoms. The van der Waals surface area contributed by atoms with Crippen LogP contribution in [0.15, 0.2) is 71.7 Å². The van der Waals surface area contributed by atoms with Crippen LogP contribution in [0, 0.1) is 23.7 Å². The number of carbonyl (C=O) groups is 1. The standard InChI is InChI=1S/C70H118ClF3N12O2/c1-14-50(6)64-42-79-63(40-48(2)3)52(8)78-43-65-66(68(87)84-36-18-15-19-37-84)55(11)86(65)67(49(4)5)53(9)81-69(30-16-17-31-69)47-76-34-33-75-32-29-57(27-25-56-26-28-61(62(71)41-56)70(72,73)74)77-35-39-82(12)44-59(46-88-60-23-20-24-60)83(13)45-58-22-21-38-85(58)54(10)51(7)80-64/h26,28-29,32,35,39,41,44-45,48-55,60,63-67,75-76,78-81H,14-25,27,30-31,33-34,36-38,40,42-43,46-47H2,1-13H3/t50-,51?,52?,53?,54-,55?,63-,64+,65?,66-,67-/m0/s1. The van der Waals surface area contributed by atoms with Crippen LogP contribution in [0.25, 0.3) is 0 Å². The maximum atomic E-state index is 14.8. The SMILES string of the molecule is CC[C@H](C)[C@H]1CN[C@@H](CC(C)C)C(C)NCC2[C@@H](C(=O)N3CCCCC3)C(C)N2[C@@H](C(C)C)C(C)NC2(CCCC2)CNCCNC=CC(CCc2ccc(C(F)(F)F)c(Cl)c2)=NC=CN(C)C=C(COC2CCC2)N(C)C=C2CCCN2[C@@H](C)C(C)N1. The lowest BCUT2D eigenvalue weighted by Crippen LogP contribution is -2.76. The first-order valence-corrected chi connectivity index (χ1v) is 34.9. The van der Waals surface area contributed by atoms with Crippen LogP contribution in [0.1, 0.15) is 184 Å². The number of hydrogen-bond acceptors (Lipinski definition) is 13. The van der Waals surface area contributed by atoms with Crippen molar-refractivity contribution >= 4 is 23.2 Å². The molecule has 6 N–H and O–H groups in total. The Kier molecular flexibility index (Phi) is 28.0. The van der Waals surface area contributed by atoms with Gasteiger partial charge in [0.15, 0.2) is 0 Å². The first-order chi connectivity index (χ1) is 42.0. The Hall–Kier alpha value is -3.68. The number of amides is 1. The summed E-state index contributed by atoms with van der Waals surface area (Å²) in [6.45, 7) is 33.2. The van der Waals surface area contributed by atoms with Crippen molar-refractivity contribution in [1.29, 1.82) is 0 Å². The van der Waals surface area contributed by atoms with E-state index in [1.165, 1.54) is 43.5 Å². The summed E-state index contributed by atoms with van der Waals surface area (Å²) in [6, 6.07) is 5.80. The van der Waals surface area contributed by atoms with Gasteiger partial charge in [-0.25, -0.2) is 0 Å². The molecule has 7 rings (SSSR count). The van der Waals surface area contributed by atoms with Crippen molar-refractivity contribution < 1.29 is 22.7 Å². The van der Waals surface area contributed by atoms with E-state index in [1.807, 2.05) is 30.4 Å². The summed E-state index contributed by atoms with van der Waals surface area (Å²) in [4.78, 5) is 31.5. The van der Waals surface area contributed by atoms with Crippen LogP contribution < -0.4 is 31.9 Å². The smallest absolute Gasteiger partial charge is 0.390 e. The number of hydrogen-bond donors (Lipinski definition) is 6. The van der Waals surface area contributed by atoms with Crippen LogP contribution in [-0.2, 0) is 22.1 Å². The highest BCUT2D eigenvalue weighted by Gasteiger charge is 2.55. The molecule has 11 atom stereocenters.